The Balaban J connectivity index is 0.000000273. The molecule has 26 heavy (non-hydrogen) atoms. The zero-order valence-electron chi connectivity index (χ0n) is 15.7. The summed E-state index contributed by atoms with van der Waals surface area (Å²) < 4.78 is 0. The molecule has 0 bridgehead atoms. The second kappa shape index (κ2) is 10.4. The van der Waals surface area contributed by atoms with Gasteiger partial charge >= 0.3 is 0 Å². The Bertz CT molecular complexity index is 637. The number of rotatable bonds is 7. The van der Waals surface area contributed by atoms with Gasteiger partial charge in [-0.3, -0.25) is 24.2 Å². The van der Waals surface area contributed by atoms with E-state index in [2.05, 4.69) is 15.6 Å². The SMILES string of the molecule is CC(C)C(=O)C(=O)NC1CC1.CC(C)C(=O)C(=O)NCc1ccccn1. The molecule has 1 saturated carbocycles. The fourth-order valence-corrected chi connectivity index (χ4v) is 1.77. The van der Waals surface area contributed by atoms with E-state index < -0.39 is 17.6 Å². The smallest absolute Gasteiger partial charge is 0.287 e. The van der Waals surface area contributed by atoms with Crippen molar-refractivity contribution in [3.8, 4) is 0 Å². The van der Waals surface area contributed by atoms with Crippen LogP contribution < -0.4 is 10.6 Å². The summed E-state index contributed by atoms with van der Waals surface area (Å²) in [5.41, 5.74) is 0.738. The van der Waals surface area contributed by atoms with E-state index in [1.807, 2.05) is 6.07 Å². The van der Waals surface area contributed by atoms with Crippen LogP contribution >= 0.6 is 0 Å². The summed E-state index contributed by atoms with van der Waals surface area (Å²) in [5.74, 6) is -2.12. The summed E-state index contributed by atoms with van der Waals surface area (Å²) in [6.45, 7) is 7.15. The van der Waals surface area contributed by atoms with E-state index >= 15 is 0 Å². The maximum atomic E-state index is 11.3. The van der Waals surface area contributed by atoms with Crippen LogP contribution in [0.1, 0.15) is 46.2 Å². The number of aromatic nitrogens is 1. The Morgan fingerprint density at radius 2 is 1.58 bits per heavy atom. The third-order valence-corrected chi connectivity index (χ3v) is 3.57. The van der Waals surface area contributed by atoms with Gasteiger partial charge in [0.25, 0.3) is 11.8 Å². The maximum absolute atomic E-state index is 11.3. The van der Waals surface area contributed by atoms with E-state index in [0.29, 0.717) is 0 Å². The standard InChI is InChI=1S/C11H14N2O2.C8H13NO2/c1-8(2)10(14)11(15)13-7-9-5-3-4-6-12-9;1-5(2)7(10)8(11)9-6-3-4-6/h3-6,8H,7H2,1-2H3,(H,13,15);5-6H,3-4H2,1-2H3,(H,9,11). The van der Waals surface area contributed by atoms with Gasteiger partial charge in [-0.1, -0.05) is 33.8 Å². The number of hydrogen-bond acceptors (Lipinski definition) is 5. The lowest BCUT2D eigenvalue weighted by Gasteiger charge is -2.05. The lowest BCUT2D eigenvalue weighted by molar-refractivity contribution is -0.139. The number of nitrogens with zero attached hydrogens (tertiary/aromatic N) is 1. The van der Waals surface area contributed by atoms with E-state index in [0.717, 1.165) is 18.5 Å². The van der Waals surface area contributed by atoms with Crippen LogP contribution in [-0.4, -0.2) is 34.4 Å². The van der Waals surface area contributed by atoms with Gasteiger partial charge in [-0.15, -0.1) is 0 Å². The minimum atomic E-state index is -0.546. The average molecular weight is 361 g/mol. The van der Waals surface area contributed by atoms with E-state index in [4.69, 9.17) is 0 Å². The van der Waals surface area contributed by atoms with Crippen LogP contribution in [0.4, 0.5) is 0 Å². The quantitative estimate of drug-likeness (QED) is 0.715. The molecule has 1 aliphatic rings. The number of ketones is 2. The number of carbonyl (C=O) groups excluding carboxylic acids is 4. The molecule has 0 aliphatic heterocycles. The lowest BCUT2D eigenvalue weighted by atomic mass is 10.1. The first kappa shape index (κ1) is 21.5. The topological polar surface area (TPSA) is 105 Å². The van der Waals surface area contributed by atoms with Gasteiger partial charge in [-0.25, -0.2) is 0 Å². The lowest BCUT2D eigenvalue weighted by Crippen LogP contribution is -2.35. The molecule has 2 amide bonds. The molecule has 1 aliphatic carbocycles. The highest BCUT2D eigenvalue weighted by Crippen LogP contribution is 2.18. The molecular formula is C19H27N3O4. The van der Waals surface area contributed by atoms with Crippen molar-refractivity contribution >= 4 is 23.4 Å². The van der Waals surface area contributed by atoms with Gasteiger partial charge in [-0.2, -0.15) is 0 Å². The van der Waals surface area contributed by atoms with Gasteiger partial charge in [0.05, 0.1) is 12.2 Å². The molecule has 0 spiro atoms. The van der Waals surface area contributed by atoms with Gasteiger partial charge in [0.15, 0.2) is 0 Å². The predicted octanol–water partition coefficient (Wildman–Crippen LogP) is 1.41. The van der Waals surface area contributed by atoms with Crippen LogP contribution in [0.25, 0.3) is 0 Å². The van der Waals surface area contributed by atoms with Crippen LogP contribution in [0, 0.1) is 11.8 Å². The molecule has 7 heteroatoms. The molecule has 2 N–H and O–H groups in total. The zero-order chi connectivity index (χ0) is 19.7. The van der Waals surface area contributed by atoms with Crippen LogP contribution in [0.5, 0.6) is 0 Å². The molecule has 142 valence electrons. The van der Waals surface area contributed by atoms with Crippen LogP contribution in [0.2, 0.25) is 0 Å². The number of amides is 2. The highest BCUT2D eigenvalue weighted by atomic mass is 16.2. The van der Waals surface area contributed by atoms with E-state index in [-0.39, 0.29) is 30.2 Å². The highest BCUT2D eigenvalue weighted by Gasteiger charge is 2.27. The van der Waals surface area contributed by atoms with E-state index in [1.54, 1.807) is 46.0 Å². The van der Waals surface area contributed by atoms with Crippen molar-refractivity contribution < 1.29 is 19.2 Å². The zero-order valence-corrected chi connectivity index (χ0v) is 15.7. The minimum Gasteiger partial charge on any atom is -0.347 e. The number of pyridine rings is 1. The molecule has 1 aromatic rings. The minimum absolute atomic E-state index is 0.186. The molecule has 0 unspecified atom stereocenters. The maximum Gasteiger partial charge on any atom is 0.287 e. The molecule has 0 aromatic carbocycles. The average Bonchev–Trinajstić information content (AvgIpc) is 3.43. The Labute approximate surface area is 154 Å². The molecule has 1 aromatic heterocycles. The Morgan fingerprint density at radius 1 is 1.00 bits per heavy atom. The number of nitrogens with one attached hydrogen (secondary N) is 2. The summed E-state index contributed by atoms with van der Waals surface area (Å²) in [7, 11) is 0. The van der Waals surface area contributed by atoms with Crippen LogP contribution in [0.3, 0.4) is 0 Å². The Kier molecular flexibility index (Phi) is 8.61. The van der Waals surface area contributed by atoms with Crippen molar-refractivity contribution in [2.24, 2.45) is 11.8 Å². The molecule has 1 fully saturated rings. The van der Waals surface area contributed by atoms with Crippen molar-refractivity contribution in [3.63, 3.8) is 0 Å². The summed E-state index contributed by atoms with van der Waals surface area (Å²) in [5, 5.41) is 5.18. The largest absolute Gasteiger partial charge is 0.347 e. The van der Waals surface area contributed by atoms with Gasteiger partial charge in [0.2, 0.25) is 11.6 Å². The second-order valence-electron chi connectivity index (χ2n) is 6.79. The first-order valence-corrected chi connectivity index (χ1v) is 8.79. The van der Waals surface area contributed by atoms with Gasteiger partial charge in [-0.05, 0) is 25.0 Å². The summed E-state index contributed by atoms with van der Waals surface area (Å²) >= 11 is 0. The molecular weight excluding hydrogens is 334 g/mol. The predicted molar refractivity (Wildman–Crippen MR) is 96.9 cm³/mol. The third-order valence-electron chi connectivity index (χ3n) is 3.57. The summed E-state index contributed by atoms with van der Waals surface area (Å²) in [4.78, 5) is 48.5. The summed E-state index contributed by atoms with van der Waals surface area (Å²) in [6, 6.07) is 5.70. The molecule has 2 rings (SSSR count). The third kappa shape index (κ3) is 8.00. The fraction of sp³-hybridized carbons (Fsp3) is 0.526. The first-order chi connectivity index (χ1) is 12.2. The van der Waals surface area contributed by atoms with Crippen LogP contribution in [-0.2, 0) is 25.7 Å². The van der Waals surface area contributed by atoms with Crippen molar-refractivity contribution in [1.29, 1.82) is 0 Å². The number of carbonyl (C=O) groups is 4. The molecule has 0 radical (unpaired) electrons. The second-order valence-corrected chi connectivity index (χ2v) is 6.79. The highest BCUT2D eigenvalue weighted by molar-refractivity contribution is 6.37. The molecule has 1 heterocycles. The van der Waals surface area contributed by atoms with Gasteiger partial charge in [0, 0.05) is 24.1 Å². The van der Waals surface area contributed by atoms with Crippen molar-refractivity contribution in [1.82, 2.24) is 15.6 Å². The summed E-state index contributed by atoms with van der Waals surface area (Å²) in [6.07, 6.45) is 3.69. The fourth-order valence-electron chi connectivity index (χ4n) is 1.77. The van der Waals surface area contributed by atoms with E-state index in [1.165, 1.54) is 0 Å². The molecule has 7 nitrogen and oxygen atoms in total. The van der Waals surface area contributed by atoms with Crippen molar-refractivity contribution in [2.75, 3.05) is 0 Å². The van der Waals surface area contributed by atoms with Gasteiger partial charge in [0.1, 0.15) is 0 Å². The van der Waals surface area contributed by atoms with Gasteiger partial charge < -0.3 is 10.6 Å². The first-order valence-electron chi connectivity index (χ1n) is 8.79. The van der Waals surface area contributed by atoms with Crippen molar-refractivity contribution in [3.05, 3.63) is 30.1 Å². The molecule has 0 saturated heterocycles. The normalized spacial score (nSPS) is 12.8. The Morgan fingerprint density at radius 3 is 2.04 bits per heavy atom. The van der Waals surface area contributed by atoms with Crippen LogP contribution in [0.15, 0.2) is 24.4 Å². The molecule has 0 atom stereocenters. The monoisotopic (exact) mass is 361 g/mol. The number of hydrogen-bond donors (Lipinski definition) is 2. The van der Waals surface area contributed by atoms with E-state index in [9.17, 15) is 19.2 Å². The number of Topliss-reactive ketones (excluding diaryl/α,β-unsaturated/α-hetero) is 2. The Hall–Kier alpha value is -2.57. The van der Waals surface area contributed by atoms with Crippen molar-refractivity contribution in [2.45, 2.75) is 53.1 Å².